The van der Waals surface area contributed by atoms with Crippen LogP contribution in [0.1, 0.15) is 27.2 Å². The summed E-state index contributed by atoms with van der Waals surface area (Å²) in [6, 6.07) is 7.78. The first kappa shape index (κ1) is 16.0. The number of nitrogens with zero attached hydrogens (tertiary/aromatic N) is 1. The normalized spacial score (nSPS) is 27.2. The molecule has 2 bridgehead atoms. The highest BCUT2D eigenvalue weighted by molar-refractivity contribution is 7.14. The van der Waals surface area contributed by atoms with Crippen LogP contribution in [0.4, 0.5) is 5.13 Å². The van der Waals surface area contributed by atoms with Crippen molar-refractivity contribution in [1.29, 1.82) is 0 Å². The molecule has 2 aliphatic rings. The molecule has 1 saturated carbocycles. The summed E-state index contributed by atoms with van der Waals surface area (Å²) in [5.74, 6) is 2.07. The fourth-order valence-corrected chi connectivity index (χ4v) is 4.87. The second-order valence-electron chi connectivity index (χ2n) is 7.48. The van der Waals surface area contributed by atoms with Gasteiger partial charge in [0.15, 0.2) is 0 Å². The lowest BCUT2D eigenvalue weighted by Gasteiger charge is -2.36. The molecule has 2 aromatic rings. The van der Waals surface area contributed by atoms with E-state index in [1.54, 1.807) is 11.3 Å². The van der Waals surface area contributed by atoms with Gasteiger partial charge in [0, 0.05) is 27.6 Å². The lowest BCUT2D eigenvalue weighted by molar-refractivity contribution is 0.195. The second kappa shape index (κ2) is 5.78. The minimum Gasteiger partial charge on any atom is -0.303 e. The van der Waals surface area contributed by atoms with E-state index in [2.05, 4.69) is 48.1 Å². The third-order valence-corrected chi connectivity index (χ3v) is 6.96. The number of thiazole rings is 1. The zero-order valence-corrected chi connectivity index (χ0v) is 15.7. The number of nitrogens with one attached hydrogen (secondary N) is 2. The van der Waals surface area contributed by atoms with Crippen molar-refractivity contribution < 1.29 is 0 Å². The molecule has 2 aliphatic carbocycles. The Bertz CT molecular complexity index is 778. The molecule has 24 heavy (non-hydrogen) atoms. The summed E-state index contributed by atoms with van der Waals surface area (Å²) in [6.07, 6.45) is 3.67. The van der Waals surface area contributed by atoms with Gasteiger partial charge in [0.05, 0.1) is 5.69 Å². The van der Waals surface area contributed by atoms with E-state index in [1.807, 2.05) is 24.3 Å². The minimum atomic E-state index is 0.362. The van der Waals surface area contributed by atoms with Crippen molar-refractivity contribution >= 4 is 28.1 Å². The van der Waals surface area contributed by atoms with Crippen LogP contribution in [0.25, 0.3) is 11.3 Å². The van der Waals surface area contributed by atoms with E-state index >= 15 is 0 Å². The van der Waals surface area contributed by atoms with Crippen LogP contribution in [-0.4, -0.2) is 4.98 Å². The molecule has 3 nitrogen and oxygen atoms in total. The zero-order valence-electron chi connectivity index (χ0n) is 14.1. The van der Waals surface area contributed by atoms with Gasteiger partial charge in [-0.2, -0.15) is 0 Å². The molecule has 1 aromatic heterocycles. The van der Waals surface area contributed by atoms with Gasteiger partial charge in [-0.1, -0.05) is 50.6 Å². The highest BCUT2D eigenvalue weighted by Crippen LogP contribution is 2.57. The van der Waals surface area contributed by atoms with E-state index in [0.29, 0.717) is 17.3 Å². The van der Waals surface area contributed by atoms with Crippen LogP contribution >= 0.6 is 22.9 Å². The van der Waals surface area contributed by atoms with E-state index in [4.69, 9.17) is 11.6 Å². The Morgan fingerprint density at radius 2 is 1.96 bits per heavy atom. The number of hydrazine groups is 1. The molecule has 0 saturated heterocycles. The summed E-state index contributed by atoms with van der Waals surface area (Å²) in [4.78, 5) is 4.66. The second-order valence-corrected chi connectivity index (χ2v) is 8.77. The number of halogens is 1. The number of hydrogen-bond donors (Lipinski definition) is 2. The maximum atomic E-state index is 5.94. The quantitative estimate of drug-likeness (QED) is 0.700. The summed E-state index contributed by atoms with van der Waals surface area (Å²) < 4.78 is 0. The van der Waals surface area contributed by atoms with Crippen molar-refractivity contribution in [2.45, 2.75) is 27.2 Å². The highest BCUT2D eigenvalue weighted by Gasteiger charge is 2.51. The van der Waals surface area contributed by atoms with Gasteiger partial charge < -0.3 is 5.43 Å². The predicted octanol–water partition coefficient (Wildman–Crippen LogP) is 5.58. The molecule has 2 N–H and O–H groups in total. The molecule has 0 radical (unpaired) electrons. The predicted molar refractivity (Wildman–Crippen MR) is 102 cm³/mol. The third kappa shape index (κ3) is 2.62. The molecule has 0 amide bonds. The third-order valence-electron chi connectivity index (χ3n) is 5.95. The highest BCUT2D eigenvalue weighted by atomic mass is 35.5. The van der Waals surface area contributed by atoms with Crippen LogP contribution in [-0.2, 0) is 0 Å². The average Bonchev–Trinajstić information content (AvgIpc) is 3.24. The maximum Gasteiger partial charge on any atom is 0.202 e. The summed E-state index contributed by atoms with van der Waals surface area (Å²) >= 11 is 7.55. The molecule has 3 atom stereocenters. The Morgan fingerprint density at radius 1 is 1.21 bits per heavy atom. The smallest absolute Gasteiger partial charge is 0.202 e. The van der Waals surface area contributed by atoms with Crippen molar-refractivity contribution in [3.05, 3.63) is 46.4 Å². The van der Waals surface area contributed by atoms with Crippen molar-refractivity contribution in [2.24, 2.45) is 23.2 Å². The lowest BCUT2D eigenvalue weighted by Crippen LogP contribution is -2.35. The molecule has 0 aliphatic heterocycles. The van der Waals surface area contributed by atoms with Gasteiger partial charge in [0.2, 0.25) is 5.13 Å². The number of fused-ring (bicyclic) bond motifs is 2. The first-order chi connectivity index (χ1) is 11.4. The van der Waals surface area contributed by atoms with Gasteiger partial charge in [-0.05, 0) is 35.8 Å². The number of anilines is 1. The van der Waals surface area contributed by atoms with Gasteiger partial charge in [-0.25, -0.2) is 4.98 Å². The van der Waals surface area contributed by atoms with Crippen LogP contribution in [0.3, 0.4) is 0 Å². The van der Waals surface area contributed by atoms with Crippen LogP contribution in [0.5, 0.6) is 0 Å². The van der Waals surface area contributed by atoms with Gasteiger partial charge in [0.25, 0.3) is 0 Å². The minimum absolute atomic E-state index is 0.362. The Hall–Kier alpha value is -1.52. The zero-order chi connectivity index (χ0) is 16.9. The largest absolute Gasteiger partial charge is 0.303 e. The molecular weight excluding hydrogens is 338 g/mol. The van der Waals surface area contributed by atoms with Crippen LogP contribution in [0.15, 0.2) is 41.4 Å². The number of hydrogen-bond acceptors (Lipinski definition) is 4. The Balaban J connectivity index is 1.44. The van der Waals surface area contributed by atoms with Crippen molar-refractivity contribution in [1.82, 2.24) is 10.4 Å². The molecule has 3 unspecified atom stereocenters. The van der Waals surface area contributed by atoms with E-state index in [0.717, 1.165) is 27.3 Å². The van der Waals surface area contributed by atoms with Crippen LogP contribution in [0, 0.1) is 23.2 Å². The Labute approximate surface area is 152 Å². The van der Waals surface area contributed by atoms with E-state index in [1.165, 1.54) is 12.1 Å². The van der Waals surface area contributed by atoms with Crippen LogP contribution < -0.4 is 10.9 Å². The van der Waals surface area contributed by atoms with E-state index in [9.17, 15) is 0 Å². The van der Waals surface area contributed by atoms with Crippen molar-refractivity contribution in [3.8, 4) is 11.3 Å². The number of aromatic nitrogens is 1. The standard InChI is InChI=1S/C19H22ClN3S/c1-11-13-8-15(19(11,2)3)16(9-13)22-23-18-21-17(10-24-18)12-4-6-14(20)7-5-12/h4-7,9-11,13,15,22H,8H2,1-3H3,(H,21,23). The topological polar surface area (TPSA) is 37.0 Å². The monoisotopic (exact) mass is 359 g/mol. The first-order valence-corrected chi connectivity index (χ1v) is 9.66. The molecule has 1 heterocycles. The molecule has 5 heteroatoms. The molecule has 0 spiro atoms. The SMILES string of the molecule is CC1C2C=C(NNc3nc(-c4ccc(Cl)cc4)cs3)C(C2)C1(C)C. The Kier molecular flexibility index (Phi) is 3.85. The fraction of sp³-hybridized carbons (Fsp3) is 0.421. The van der Waals surface area contributed by atoms with E-state index < -0.39 is 0 Å². The van der Waals surface area contributed by atoms with Crippen molar-refractivity contribution in [2.75, 3.05) is 5.43 Å². The number of rotatable bonds is 4. The van der Waals surface area contributed by atoms with E-state index in [-0.39, 0.29) is 0 Å². The first-order valence-electron chi connectivity index (χ1n) is 8.40. The maximum absolute atomic E-state index is 5.94. The van der Waals surface area contributed by atoms with Gasteiger partial charge >= 0.3 is 0 Å². The summed E-state index contributed by atoms with van der Waals surface area (Å²) in [5, 5.41) is 3.69. The van der Waals surface area contributed by atoms with Crippen molar-refractivity contribution in [3.63, 3.8) is 0 Å². The van der Waals surface area contributed by atoms with Crippen LogP contribution in [0.2, 0.25) is 5.02 Å². The summed E-state index contributed by atoms with van der Waals surface area (Å²) in [6.45, 7) is 7.16. The van der Waals surface area contributed by atoms with Gasteiger partial charge in [-0.3, -0.25) is 5.43 Å². The molecule has 4 rings (SSSR count). The summed E-state index contributed by atoms with van der Waals surface area (Å²) in [5.41, 5.74) is 10.4. The number of allylic oxidation sites excluding steroid dienone is 2. The molecule has 1 fully saturated rings. The fourth-order valence-electron chi connectivity index (χ4n) is 4.07. The molecule has 126 valence electrons. The average molecular weight is 360 g/mol. The number of benzene rings is 1. The lowest BCUT2D eigenvalue weighted by atomic mass is 9.71. The van der Waals surface area contributed by atoms with Gasteiger partial charge in [0.1, 0.15) is 0 Å². The van der Waals surface area contributed by atoms with Gasteiger partial charge in [-0.15, -0.1) is 11.3 Å². The Morgan fingerprint density at radius 3 is 2.62 bits per heavy atom. The molecular formula is C19H22ClN3S. The summed E-state index contributed by atoms with van der Waals surface area (Å²) in [7, 11) is 0. The molecule has 1 aromatic carbocycles.